The summed E-state index contributed by atoms with van der Waals surface area (Å²) in [4.78, 5) is 11.6. The van der Waals surface area contributed by atoms with Gasteiger partial charge in [0.15, 0.2) is 0 Å². The average Bonchev–Trinajstić information content (AvgIpc) is 2.51. The van der Waals surface area contributed by atoms with Crippen molar-refractivity contribution in [2.24, 2.45) is 5.41 Å². The van der Waals surface area contributed by atoms with Crippen LogP contribution in [0.1, 0.15) is 50.5 Å². The van der Waals surface area contributed by atoms with Crippen LogP contribution in [0.3, 0.4) is 0 Å². The predicted molar refractivity (Wildman–Crippen MR) is 87.7 cm³/mol. The number of thioether (sulfide) groups is 1. The van der Waals surface area contributed by atoms with Crippen LogP contribution in [0.15, 0.2) is 30.3 Å². The van der Waals surface area contributed by atoms with Crippen LogP contribution in [0.5, 0.6) is 0 Å². The van der Waals surface area contributed by atoms with Gasteiger partial charge in [-0.25, -0.2) is 0 Å². The van der Waals surface area contributed by atoms with E-state index in [0.29, 0.717) is 17.1 Å². The fraction of sp³-hybridized carbons (Fsp3) is 0.611. The van der Waals surface area contributed by atoms with Crippen molar-refractivity contribution in [3.8, 4) is 0 Å². The van der Waals surface area contributed by atoms with Crippen LogP contribution in [0, 0.1) is 5.41 Å². The summed E-state index contributed by atoms with van der Waals surface area (Å²) < 4.78 is 0. The van der Waals surface area contributed by atoms with E-state index >= 15 is 0 Å². The number of benzene rings is 1. The van der Waals surface area contributed by atoms with Crippen molar-refractivity contribution in [2.75, 3.05) is 0 Å². The first kappa shape index (κ1) is 15.0. The molecule has 2 aliphatic carbocycles. The maximum absolute atomic E-state index is 11.6. The normalized spacial score (nSPS) is 25.2. The van der Waals surface area contributed by atoms with Crippen molar-refractivity contribution in [3.63, 3.8) is 0 Å². The Morgan fingerprint density at radius 3 is 2.48 bits per heavy atom. The van der Waals surface area contributed by atoms with Gasteiger partial charge in [-0.1, -0.05) is 49.6 Å². The maximum Gasteiger partial charge on any atom is 0.316 e. The third-order valence-electron chi connectivity index (χ3n) is 5.30. The van der Waals surface area contributed by atoms with Crippen molar-refractivity contribution < 1.29 is 9.90 Å². The summed E-state index contributed by atoms with van der Waals surface area (Å²) in [6.07, 6.45) is 9.87. The minimum Gasteiger partial charge on any atom is -0.480 e. The van der Waals surface area contributed by atoms with Gasteiger partial charge in [-0.3, -0.25) is 4.79 Å². The van der Waals surface area contributed by atoms with Crippen molar-refractivity contribution in [2.45, 2.75) is 61.9 Å². The lowest BCUT2D eigenvalue weighted by Crippen LogP contribution is -2.45. The Bertz CT molecular complexity index is 479. The van der Waals surface area contributed by atoms with Gasteiger partial charge in [-0.2, -0.15) is 0 Å². The minimum atomic E-state index is -0.651. The highest BCUT2D eigenvalue weighted by Crippen LogP contribution is 2.57. The van der Waals surface area contributed by atoms with E-state index in [-0.39, 0.29) is 5.25 Å². The number of carbonyl (C=O) groups is 1. The van der Waals surface area contributed by atoms with Crippen LogP contribution in [0.2, 0.25) is 0 Å². The zero-order valence-corrected chi connectivity index (χ0v) is 13.3. The Morgan fingerprint density at radius 1 is 1.19 bits per heavy atom. The van der Waals surface area contributed by atoms with E-state index in [9.17, 15) is 9.90 Å². The van der Waals surface area contributed by atoms with E-state index in [1.165, 1.54) is 44.9 Å². The van der Waals surface area contributed by atoms with Crippen molar-refractivity contribution >= 4 is 17.7 Å². The monoisotopic (exact) mass is 304 g/mol. The van der Waals surface area contributed by atoms with Crippen molar-refractivity contribution in [3.05, 3.63) is 35.9 Å². The van der Waals surface area contributed by atoms with Gasteiger partial charge >= 0.3 is 5.97 Å². The summed E-state index contributed by atoms with van der Waals surface area (Å²) in [5, 5.41) is 9.85. The van der Waals surface area contributed by atoms with E-state index in [1.54, 1.807) is 11.8 Å². The van der Waals surface area contributed by atoms with Crippen LogP contribution >= 0.6 is 11.8 Å². The van der Waals surface area contributed by atoms with Crippen molar-refractivity contribution in [1.82, 2.24) is 0 Å². The molecule has 2 nitrogen and oxygen atoms in total. The first-order chi connectivity index (χ1) is 10.2. The maximum atomic E-state index is 11.6. The first-order valence-electron chi connectivity index (χ1n) is 8.12. The fourth-order valence-electron chi connectivity index (χ4n) is 3.93. The molecule has 1 spiro atoms. The number of hydrogen-bond acceptors (Lipinski definition) is 2. The van der Waals surface area contributed by atoms with E-state index < -0.39 is 5.97 Å². The summed E-state index contributed by atoms with van der Waals surface area (Å²) in [7, 11) is 0. The van der Waals surface area contributed by atoms with Gasteiger partial charge in [-0.05, 0) is 43.1 Å². The van der Waals surface area contributed by atoms with Gasteiger partial charge in [0.2, 0.25) is 0 Å². The van der Waals surface area contributed by atoms with Crippen LogP contribution < -0.4 is 0 Å². The van der Waals surface area contributed by atoms with Gasteiger partial charge in [0, 0.05) is 5.25 Å². The highest BCUT2D eigenvalue weighted by atomic mass is 32.2. The number of hydrogen-bond donors (Lipinski definition) is 1. The lowest BCUT2D eigenvalue weighted by Gasteiger charge is -2.52. The highest BCUT2D eigenvalue weighted by molar-refractivity contribution is 8.01. The van der Waals surface area contributed by atoms with E-state index in [2.05, 4.69) is 0 Å². The Balaban J connectivity index is 1.64. The third-order valence-corrected chi connectivity index (χ3v) is 7.07. The molecule has 2 saturated carbocycles. The number of rotatable bonds is 5. The summed E-state index contributed by atoms with van der Waals surface area (Å²) >= 11 is 1.74. The van der Waals surface area contributed by atoms with Crippen LogP contribution in [-0.4, -0.2) is 21.6 Å². The van der Waals surface area contributed by atoms with E-state index in [1.807, 2.05) is 30.3 Å². The van der Waals surface area contributed by atoms with Gasteiger partial charge in [-0.15, -0.1) is 11.8 Å². The molecule has 1 aromatic rings. The Labute approximate surface area is 131 Å². The summed E-state index contributed by atoms with van der Waals surface area (Å²) in [5.74, 6) is -0.651. The molecule has 0 aliphatic heterocycles. The number of aliphatic carboxylic acids is 1. The predicted octanol–water partition coefficient (Wildman–Crippen LogP) is 4.53. The molecule has 2 unspecified atom stereocenters. The molecule has 2 fully saturated rings. The molecule has 114 valence electrons. The molecule has 2 aliphatic rings. The molecule has 0 saturated heterocycles. The van der Waals surface area contributed by atoms with Crippen molar-refractivity contribution in [1.29, 1.82) is 0 Å². The zero-order valence-electron chi connectivity index (χ0n) is 12.5. The number of carboxylic acids is 1. The molecule has 0 bridgehead atoms. The lowest BCUT2D eigenvalue weighted by molar-refractivity contribution is -0.136. The summed E-state index contributed by atoms with van der Waals surface area (Å²) in [6, 6.07) is 10.0. The molecule has 21 heavy (non-hydrogen) atoms. The quantitative estimate of drug-likeness (QED) is 0.868. The van der Waals surface area contributed by atoms with Crippen LogP contribution in [0.4, 0.5) is 0 Å². The number of carboxylic acid groups (broad SMARTS) is 1. The second-order valence-electron chi connectivity index (χ2n) is 6.60. The van der Waals surface area contributed by atoms with Crippen LogP contribution in [-0.2, 0) is 11.2 Å². The molecule has 0 amide bonds. The second kappa shape index (κ2) is 6.43. The molecule has 2 atom stereocenters. The second-order valence-corrected chi connectivity index (χ2v) is 8.01. The molecule has 1 N–H and O–H groups in total. The van der Waals surface area contributed by atoms with Gasteiger partial charge < -0.3 is 5.11 Å². The zero-order chi connectivity index (χ0) is 14.7. The fourth-order valence-corrected chi connectivity index (χ4v) is 5.63. The molecule has 3 heteroatoms. The minimum absolute atomic E-state index is 0.295. The van der Waals surface area contributed by atoms with E-state index in [4.69, 9.17) is 0 Å². The molecular weight excluding hydrogens is 280 g/mol. The highest BCUT2D eigenvalue weighted by Gasteiger charge is 2.48. The topological polar surface area (TPSA) is 37.3 Å². The molecule has 0 radical (unpaired) electrons. The van der Waals surface area contributed by atoms with Gasteiger partial charge in [0.05, 0.1) is 0 Å². The van der Waals surface area contributed by atoms with Gasteiger partial charge in [0.1, 0.15) is 5.25 Å². The smallest absolute Gasteiger partial charge is 0.316 e. The lowest BCUT2D eigenvalue weighted by atomic mass is 9.60. The molecular formula is C18H24O2S. The largest absolute Gasteiger partial charge is 0.480 e. The SMILES string of the molecule is O=C(O)C(Cc1ccccc1)SC1CCC12CCCCC2. The third kappa shape index (κ3) is 3.28. The first-order valence-corrected chi connectivity index (χ1v) is 9.06. The Hall–Kier alpha value is -0.960. The van der Waals surface area contributed by atoms with Crippen LogP contribution in [0.25, 0.3) is 0 Å². The molecule has 0 aromatic heterocycles. The van der Waals surface area contributed by atoms with Gasteiger partial charge in [0.25, 0.3) is 0 Å². The van der Waals surface area contributed by atoms with E-state index in [0.717, 1.165) is 5.56 Å². The molecule has 0 heterocycles. The Morgan fingerprint density at radius 2 is 1.90 bits per heavy atom. The molecule has 3 rings (SSSR count). The average molecular weight is 304 g/mol. The Kier molecular flexibility index (Phi) is 4.58. The summed E-state index contributed by atoms with van der Waals surface area (Å²) in [5.41, 5.74) is 1.61. The molecule has 1 aromatic carbocycles. The summed E-state index contributed by atoms with van der Waals surface area (Å²) in [6.45, 7) is 0. The standard InChI is InChI=1S/C18H24O2S/c19-17(20)15(13-14-7-3-1-4-8-14)21-16-9-12-18(16)10-5-2-6-11-18/h1,3-4,7-8,15-16H,2,5-6,9-13H2,(H,19,20).